The molecular formula is C14H20N2O4. The SMILES string of the molecule is Cc1c(NC(=O)NCCOC(C)C)cccc1C(=O)O. The van der Waals surface area contributed by atoms with Crippen molar-refractivity contribution >= 4 is 17.7 Å². The molecule has 0 aliphatic rings. The lowest BCUT2D eigenvalue weighted by atomic mass is 10.1. The van der Waals surface area contributed by atoms with E-state index in [-0.39, 0.29) is 17.7 Å². The van der Waals surface area contributed by atoms with Crippen molar-refractivity contribution in [2.75, 3.05) is 18.5 Å². The van der Waals surface area contributed by atoms with Gasteiger partial charge in [0.1, 0.15) is 0 Å². The fourth-order valence-electron chi connectivity index (χ4n) is 1.63. The summed E-state index contributed by atoms with van der Waals surface area (Å²) < 4.78 is 5.30. The number of benzene rings is 1. The van der Waals surface area contributed by atoms with Crippen molar-refractivity contribution < 1.29 is 19.4 Å². The second-order valence-corrected chi connectivity index (χ2v) is 4.58. The van der Waals surface area contributed by atoms with Gasteiger partial charge in [-0.2, -0.15) is 0 Å². The zero-order valence-corrected chi connectivity index (χ0v) is 11.9. The monoisotopic (exact) mass is 280 g/mol. The van der Waals surface area contributed by atoms with Crippen molar-refractivity contribution in [2.24, 2.45) is 0 Å². The summed E-state index contributed by atoms with van der Waals surface area (Å²) in [5, 5.41) is 14.3. The number of carbonyl (C=O) groups excluding carboxylic acids is 1. The van der Waals surface area contributed by atoms with Crippen LogP contribution >= 0.6 is 0 Å². The maximum Gasteiger partial charge on any atom is 0.336 e. The molecule has 0 bridgehead atoms. The number of anilines is 1. The Morgan fingerprint density at radius 3 is 2.65 bits per heavy atom. The first-order chi connectivity index (χ1) is 9.41. The summed E-state index contributed by atoms with van der Waals surface area (Å²) in [5.74, 6) is -1.02. The Bertz CT molecular complexity index is 486. The van der Waals surface area contributed by atoms with Crippen molar-refractivity contribution in [3.63, 3.8) is 0 Å². The van der Waals surface area contributed by atoms with Gasteiger partial charge in [-0.25, -0.2) is 9.59 Å². The first-order valence-electron chi connectivity index (χ1n) is 6.41. The Kier molecular flexibility index (Phi) is 5.99. The van der Waals surface area contributed by atoms with E-state index in [2.05, 4.69) is 10.6 Å². The van der Waals surface area contributed by atoms with Gasteiger partial charge in [0.05, 0.1) is 18.3 Å². The first kappa shape index (κ1) is 16.0. The van der Waals surface area contributed by atoms with E-state index in [4.69, 9.17) is 9.84 Å². The van der Waals surface area contributed by atoms with Gasteiger partial charge in [0.2, 0.25) is 0 Å². The summed E-state index contributed by atoms with van der Waals surface area (Å²) in [7, 11) is 0. The van der Waals surface area contributed by atoms with E-state index in [0.717, 1.165) is 0 Å². The topological polar surface area (TPSA) is 87.7 Å². The molecule has 0 fully saturated rings. The summed E-state index contributed by atoms with van der Waals surface area (Å²) in [4.78, 5) is 22.7. The Morgan fingerprint density at radius 1 is 1.35 bits per heavy atom. The van der Waals surface area contributed by atoms with Crippen molar-refractivity contribution in [1.82, 2.24) is 5.32 Å². The molecule has 0 heterocycles. The third-order valence-corrected chi connectivity index (χ3v) is 2.65. The first-order valence-corrected chi connectivity index (χ1v) is 6.41. The van der Waals surface area contributed by atoms with Crippen molar-refractivity contribution in [2.45, 2.75) is 26.9 Å². The average molecular weight is 280 g/mol. The molecule has 20 heavy (non-hydrogen) atoms. The Balaban J connectivity index is 2.54. The number of hydrogen-bond acceptors (Lipinski definition) is 3. The number of aromatic carboxylic acids is 1. The summed E-state index contributed by atoms with van der Waals surface area (Å²) in [6.45, 7) is 6.31. The lowest BCUT2D eigenvalue weighted by molar-refractivity contribution is 0.0696. The van der Waals surface area contributed by atoms with Crippen LogP contribution in [0.15, 0.2) is 18.2 Å². The van der Waals surface area contributed by atoms with Crippen molar-refractivity contribution in [3.8, 4) is 0 Å². The molecule has 0 aromatic heterocycles. The number of rotatable bonds is 6. The van der Waals surface area contributed by atoms with E-state index >= 15 is 0 Å². The van der Waals surface area contributed by atoms with Gasteiger partial charge in [-0.15, -0.1) is 0 Å². The molecule has 0 atom stereocenters. The lowest BCUT2D eigenvalue weighted by Crippen LogP contribution is -2.32. The smallest absolute Gasteiger partial charge is 0.336 e. The highest BCUT2D eigenvalue weighted by atomic mass is 16.5. The lowest BCUT2D eigenvalue weighted by Gasteiger charge is -2.12. The van der Waals surface area contributed by atoms with Crippen LogP contribution in [-0.2, 0) is 4.74 Å². The molecule has 0 saturated carbocycles. The van der Waals surface area contributed by atoms with Crippen LogP contribution in [0, 0.1) is 6.92 Å². The molecule has 3 N–H and O–H groups in total. The molecule has 1 aromatic carbocycles. The molecule has 0 aliphatic carbocycles. The number of ether oxygens (including phenoxy) is 1. The standard InChI is InChI=1S/C14H20N2O4/c1-9(2)20-8-7-15-14(19)16-12-6-4-5-11(10(12)3)13(17)18/h4-6,9H,7-8H2,1-3H3,(H,17,18)(H2,15,16,19). The maximum atomic E-state index is 11.7. The fourth-order valence-corrected chi connectivity index (χ4v) is 1.63. The van der Waals surface area contributed by atoms with Crippen LogP contribution in [0.4, 0.5) is 10.5 Å². The minimum absolute atomic E-state index is 0.120. The number of carboxylic acid groups (broad SMARTS) is 1. The molecule has 0 radical (unpaired) electrons. The van der Waals surface area contributed by atoms with Crippen LogP contribution < -0.4 is 10.6 Å². The number of nitrogens with one attached hydrogen (secondary N) is 2. The zero-order chi connectivity index (χ0) is 15.1. The van der Waals surface area contributed by atoms with Crippen molar-refractivity contribution in [3.05, 3.63) is 29.3 Å². The van der Waals surface area contributed by atoms with Crippen LogP contribution in [0.1, 0.15) is 29.8 Å². The maximum absolute atomic E-state index is 11.7. The van der Waals surface area contributed by atoms with Gasteiger partial charge in [0.15, 0.2) is 0 Å². The van der Waals surface area contributed by atoms with Crippen LogP contribution in [0.2, 0.25) is 0 Å². The highest BCUT2D eigenvalue weighted by Crippen LogP contribution is 2.18. The number of carbonyl (C=O) groups is 2. The number of urea groups is 1. The molecule has 0 aliphatic heterocycles. The van der Waals surface area contributed by atoms with E-state index < -0.39 is 5.97 Å². The molecule has 110 valence electrons. The third kappa shape index (κ3) is 4.89. The summed E-state index contributed by atoms with van der Waals surface area (Å²) in [5.41, 5.74) is 1.17. The average Bonchev–Trinajstić information content (AvgIpc) is 2.36. The van der Waals surface area contributed by atoms with E-state index in [0.29, 0.717) is 24.4 Å². The number of amides is 2. The van der Waals surface area contributed by atoms with Crippen LogP contribution in [0.25, 0.3) is 0 Å². The van der Waals surface area contributed by atoms with E-state index in [1.165, 1.54) is 6.07 Å². The normalized spacial score (nSPS) is 10.4. The third-order valence-electron chi connectivity index (χ3n) is 2.65. The Morgan fingerprint density at radius 2 is 2.05 bits per heavy atom. The van der Waals surface area contributed by atoms with Gasteiger partial charge in [-0.3, -0.25) is 0 Å². The number of carboxylic acids is 1. The predicted octanol–water partition coefficient (Wildman–Crippen LogP) is 2.24. The minimum Gasteiger partial charge on any atom is -0.478 e. The molecular weight excluding hydrogens is 260 g/mol. The van der Waals surface area contributed by atoms with E-state index in [1.54, 1.807) is 19.1 Å². The highest BCUT2D eigenvalue weighted by molar-refractivity contribution is 5.95. The quantitative estimate of drug-likeness (QED) is 0.697. The van der Waals surface area contributed by atoms with Gasteiger partial charge in [0.25, 0.3) is 0 Å². The Labute approximate surface area is 118 Å². The van der Waals surface area contributed by atoms with Gasteiger partial charge in [-0.05, 0) is 38.5 Å². The van der Waals surface area contributed by atoms with Gasteiger partial charge >= 0.3 is 12.0 Å². The Hall–Kier alpha value is -2.08. The van der Waals surface area contributed by atoms with Crippen LogP contribution in [0.5, 0.6) is 0 Å². The van der Waals surface area contributed by atoms with Gasteiger partial charge in [0, 0.05) is 12.2 Å². The molecule has 1 rings (SSSR count). The second kappa shape index (κ2) is 7.49. The van der Waals surface area contributed by atoms with Gasteiger partial charge < -0.3 is 20.5 Å². The summed E-state index contributed by atoms with van der Waals surface area (Å²) in [6, 6.07) is 4.36. The van der Waals surface area contributed by atoms with E-state index in [9.17, 15) is 9.59 Å². The molecule has 0 spiro atoms. The molecule has 1 aromatic rings. The highest BCUT2D eigenvalue weighted by Gasteiger charge is 2.11. The zero-order valence-electron chi connectivity index (χ0n) is 11.9. The van der Waals surface area contributed by atoms with Gasteiger partial charge in [-0.1, -0.05) is 6.07 Å². The molecule has 0 unspecified atom stereocenters. The second-order valence-electron chi connectivity index (χ2n) is 4.58. The minimum atomic E-state index is -1.02. The summed E-state index contributed by atoms with van der Waals surface area (Å²) in [6.07, 6.45) is 0.120. The number of hydrogen-bond donors (Lipinski definition) is 3. The molecule has 6 nitrogen and oxygen atoms in total. The molecule has 2 amide bonds. The largest absolute Gasteiger partial charge is 0.478 e. The molecule has 6 heteroatoms. The predicted molar refractivity (Wildman–Crippen MR) is 76.2 cm³/mol. The van der Waals surface area contributed by atoms with Crippen LogP contribution in [0.3, 0.4) is 0 Å². The van der Waals surface area contributed by atoms with Crippen molar-refractivity contribution in [1.29, 1.82) is 0 Å². The van der Waals surface area contributed by atoms with Crippen LogP contribution in [-0.4, -0.2) is 36.4 Å². The fraction of sp³-hybridized carbons (Fsp3) is 0.429. The molecule has 0 saturated heterocycles. The summed E-state index contributed by atoms with van der Waals surface area (Å²) >= 11 is 0. The van der Waals surface area contributed by atoms with E-state index in [1.807, 2.05) is 13.8 Å².